The van der Waals surface area contributed by atoms with Crippen molar-refractivity contribution >= 4 is 5.91 Å². The van der Waals surface area contributed by atoms with Gasteiger partial charge in [0.1, 0.15) is 6.61 Å². The first-order valence-electron chi connectivity index (χ1n) is 9.41. The fourth-order valence-electron chi connectivity index (χ4n) is 3.56. The molecule has 1 aromatic rings. The van der Waals surface area contributed by atoms with E-state index in [2.05, 4.69) is 43.0 Å². The normalized spacial score (nSPS) is 23.0. The quantitative estimate of drug-likeness (QED) is 0.793. The largest absolute Gasteiger partial charge is 0.376 e. The second-order valence-electron chi connectivity index (χ2n) is 7.15. The second-order valence-corrected chi connectivity index (χ2v) is 7.15. The Morgan fingerprint density at radius 3 is 2.60 bits per heavy atom. The number of piperazine rings is 1. The molecule has 0 saturated carbocycles. The molecule has 2 heterocycles. The third-order valence-corrected chi connectivity index (χ3v) is 5.33. The maximum Gasteiger partial charge on any atom is 0.248 e. The van der Waals surface area contributed by atoms with Crippen molar-refractivity contribution in [3.05, 3.63) is 35.4 Å². The van der Waals surface area contributed by atoms with Crippen molar-refractivity contribution in [1.82, 2.24) is 9.80 Å². The summed E-state index contributed by atoms with van der Waals surface area (Å²) in [6.07, 6.45) is 2.33. The molecule has 0 aromatic heterocycles. The van der Waals surface area contributed by atoms with Gasteiger partial charge in [-0.1, -0.05) is 29.8 Å². The van der Waals surface area contributed by atoms with Crippen LogP contribution in [0.2, 0.25) is 0 Å². The lowest BCUT2D eigenvalue weighted by atomic mass is 10.0. The Kier molecular flexibility index (Phi) is 6.45. The van der Waals surface area contributed by atoms with Gasteiger partial charge in [-0.2, -0.15) is 0 Å². The van der Waals surface area contributed by atoms with Crippen LogP contribution < -0.4 is 0 Å². The van der Waals surface area contributed by atoms with E-state index in [0.29, 0.717) is 12.6 Å². The Labute approximate surface area is 150 Å². The summed E-state index contributed by atoms with van der Waals surface area (Å²) in [6.45, 7) is 9.26. The van der Waals surface area contributed by atoms with Gasteiger partial charge in [0.2, 0.25) is 5.91 Å². The molecule has 5 nitrogen and oxygen atoms in total. The molecular formula is C20H30N2O3. The van der Waals surface area contributed by atoms with E-state index < -0.39 is 0 Å². The third kappa shape index (κ3) is 5.03. The van der Waals surface area contributed by atoms with Gasteiger partial charge in [0.15, 0.2) is 0 Å². The lowest BCUT2D eigenvalue weighted by Crippen LogP contribution is -2.50. The van der Waals surface area contributed by atoms with Gasteiger partial charge in [0, 0.05) is 38.8 Å². The van der Waals surface area contributed by atoms with Crippen LogP contribution in [0.15, 0.2) is 24.3 Å². The molecule has 0 radical (unpaired) electrons. The van der Waals surface area contributed by atoms with Gasteiger partial charge >= 0.3 is 0 Å². The third-order valence-electron chi connectivity index (χ3n) is 5.33. The van der Waals surface area contributed by atoms with E-state index in [1.165, 1.54) is 11.1 Å². The van der Waals surface area contributed by atoms with Gasteiger partial charge in [-0.3, -0.25) is 9.69 Å². The van der Waals surface area contributed by atoms with Crippen LogP contribution in [0.25, 0.3) is 0 Å². The van der Waals surface area contributed by atoms with Crippen LogP contribution in [0.1, 0.15) is 36.9 Å². The van der Waals surface area contributed by atoms with Gasteiger partial charge in [-0.05, 0) is 32.3 Å². The number of rotatable bonds is 6. The van der Waals surface area contributed by atoms with E-state index in [1.54, 1.807) is 0 Å². The molecule has 0 aliphatic carbocycles. The maximum absolute atomic E-state index is 12.3. The summed E-state index contributed by atoms with van der Waals surface area (Å²) in [5, 5.41) is 0. The second kappa shape index (κ2) is 8.79. The number of hydrogen-bond donors (Lipinski definition) is 0. The van der Waals surface area contributed by atoms with Crippen LogP contribution in [-0.4, -0.2) is 67.8 Å². The Morgan fingerprint density at radius 1 is 1.24 bits per heavy atom. The average Bonchev–Trinajstić information content (AvgIpc) is 3.15. The first-order valence-corrected chi connectivity index (χ1v) is 9.41. The molecule has 2 saturated heterocycles. The molecule has 2 aliphatic heterocycles. The summed E-state index contributed by atoms with van der Waals surface area (Å²) in [5.74, 6) is 0.0978. The highest BCUT2D eigenvalue weighted by molar-refractivity contribution is 5.77. The monoisotopic (exact) mass is 346 g/mol. The fourth-order valence-corrected chi connectivity index (χ4v) is 3.56. The predicted octanol–water partition coefficient (Wildman–Crippen LogP) is 2.40. The van der Waals surface area contributed by atoms with Crippen LogP contribution in [0.4, 0.5) is 0 Å². The summed E-state index contributed by atoms with van der Waals surface area (Å²) in [4.78, 5) is 16.7. The lowest BCUT2D eigenvalue weighted by molar-refractivity contribution is -0.139. The van der Waals surface area contributed by atoms with Crippen LogP contribution in [0.3, 0.4) is 0 Å². The number of aryl methyl sites for hydroxylation is 1. The highest BCUT2D eigenvalue weighted by Gasteiger charge is 2.25. The van der Waals surface area contributed by atoms with Crippen molar-refractivity contribution in [2.24, 2.45) is 0 Å². The molecule has 3 rings (SSSR count). The molecule has 2 atom stereocenters. The minimum atomic E-state index is 0.0978. The molecule has 5 heteroatoms. The molecule has 0 spiro atoms. The first kappa shape index (κ1) is 18.4. The predicted molar refractivity (Wildman–Crippen MR) is 97.5 cm³/mol. The molecule has 2 aliphatic rings. The van der Waals surface area contributed by atoms with Crippen molar-refractivity contribution in [2.75, 3.05) is 46.0 Å². The zero-order chi connectivity index (χ0) is 17.6. The first-order chi connectivity index (χ1) is 12.1. The standard InChI is InChI=1S/C20H30N2O3/c1-16-5-7-18(8-6-16)17(2)21-9-11-22(12-10-21)20(23)15-24-14-19-4-3-13-25-19/h5-8,17,19H,3-4,9-15H2,1-2H3/t17-,19+/m0/s1. The molecule has 0 bridgehead atoms. The van der Waals surface area contributed by atoms with Gasteiger partial charge in [-0.15, -0.1) is 0 Å². The number of carbonyl (C=O) groups is 1. The number of amides is 1. The summed E-state index contributed by atoms with van der Waals surface area (Å²) in [6, 6.07) is 9.12. The van der Waals surface area contributed by atoms with Crippen LogP contribution in [0, 0.1) is 6.92 Å². The van der Waals surface area contributed by atoms with Crippen LogP contribution in [0.5, 0.6) is 0 Å². The van der Waals surface area contributed by atoms with E-state index in [0.717, 1.165) is 45.6 Å². The van der Waals surface area contributed by atoms with Crippen molar-refractivity contribution in [3.8, 4) is 0 Å². The zero-order valence-electron chi connectivity index (χ0n) is 15.4. The molecule has 138 valence electrons. The maximum atomic E-state index is 12.3. The number of carbonyl (C=O) groups excluding carboxylic acids is 1. The van der Waals surface area contributed by atoms with Crippen LogP contribution >= 0.6 is 0 Å². The minimum absolute atomic E-state index is 0.0978. The number of benzene rings is 1. The van der Waals surface area contributed by atoms with Crippen molar-refractivity contribution in [1.29, 1.82) is 0 Å². The molecule has 0 N–H and O–H groups in total. The lowest BCUT2D eigenvalue weighted by Gasteiger charge is -2.38. The summed E-state index contributed by atoms with van der Waals surface area (Å²) in [5.41, 5.74) is 2.62. The Hall–Kier alpha value is -1.43. The Morgan fingerprint density at radius 2 is 1.96 bits per heavy atom. The Bertz CT molecular complexity index is 547. The molecule has 25 heavy (non-hydrogen) atoms. The number of nitrogens with zero attached hydrogens (tertiary/aromatic N) is 2. The van der Waals surface area contributed by atoms with Gasteiger partial charge in [0.05, 0.1) is 12.7 Å². The van der Waals surface area contributed by atoms with Crippen LogP contribution in [-0.2, 0) is 14.3 Å². The number of ether oxygens (including phenoxy) is 2. The Balaban J connectivity index is 1.40. The van der Waals surface area contributed by atoms with Crippen molar-refractivity contribution < 1.29 is 14.3 Å². The van der Waals surface area contributed by atoms with Gasteiger partial charge in [0.25, 0.3) is 0 Å². The van der Waals surface area contributed by atoms with E-state index in [-0.39, 0.29) is 18.6 Å². The van der Waals surface area contributed by atoms with E-state index in [4.69, 9.17) is 9.47 Å². The summed E-state index contributed by atoms with van der Waals surface area (Å²) >= 11 is 0. The molecule has 1 amide bonds. The van der Waals surface area contributed by atoms with Crippen molar-refractivity contribution in [2.45, 2.75) is 38.8 Å². The topological polar surface area (TPSA) is 42.0 Å². The molecule has 1 aromatic carbocycles. The zero-order valence-corrected chi connectivity index (χ0v) is 15.4. The SMILES string of the molecule is Cc1ccc([C@H](C)N2CCN(C(=O)COC[C@H]3CCCO3)CC2)cc1. The fraction of sp³-hybridized carbons (Fsp3) is 0.650. The van der Waals surface area contributed by atoms with E-state index >= 15 is 0 Å². The highest BCUT2D eigenvalue weighted by atomic mass is 16.5. The molecular weight excluding hydrogens is 316 g/mol. The summed E-state index contributed by atoms with van der Waals surface area (Å²) < 4.78 is 11.1. The van der Waals surface area contributed by atoms with Crippen molar-refractivity contribution in [3.63, 3.8) is 0 Å². The van der Waals surface area contributed by atoms with Gasteiger partial charge in [-0.25, -0.2) is 0 Å². The van der Waals surface area contributed by atoms with E-state index in [1.807, 2.05) is 4.90 Å². The minimum Gasteiger partial charge on any atom is -0.376 e. The van der Waals surface area contributed by atoms with Gasteiger partial charge < -0.3 is 14.4 Å². The molecule has 2 fully saturated rings. The molecule has 0 unspecified atom stereocenters. The summed E-state index contributed by atoms with van der Waals surface area (Å²) in [7, 11) is 0. The number of hydrogen-bond acceptors (Lipinski definition) is 4. The smallest absolute Gasteiger partial charge is 0.248 e. The van der Waals surface area contributed by atoms with E-state index in [9.17, 15) is 4.79 Å². The highest BCUT2D eigenvalue weighted by Crippen LogP contribution is 2.22. The average molecular weight is 346 g/mol.